The Morgan fingerprint density at radius 1 is 1.08 bits per heavy atom. The molecule has 7 heteroatoms. The van der Waals surface area contributed by atoms with Gasteiger partial charge in [0.2, 0.25) is 11.8 Å². The van der Waals surface area contributed by atoms with E-state index in [0.29, 0.717) is 30.5 Å². The molecule has 3 unspecified atom stereocenters. The first-order chi connectivity index (χ1) is 17.2. The highest BCUT2D eigenvalue weighted by Crippen LogP contribution is 2.34. The van der Waals surface area contributed by atoms with Gasteiger partial charge >= 0.3 is 6.09 Å². The second-order valence-electron chi connectivity index (χ2n) is 11.2. The number of nitrogens with one attached hydrogen (secondary N) is 2. The average molecular weight is 514 g/mol. The fourth-order valence-electron chi connectivity index (χ4n) is 3.96. The van der Waals surface area contributed by atoms with Crippen LogP contribution in [-0.2, 0) is 14.3 Å². The number of ether oxygens (including phenoxy) is 1. The third-order valence-corrected chi connectivity index (χ3v) is 6.65. The summed E-state index contributed by atoms with van der Waals surface area (Å²) in [6.45, 7) is 17.5. The number of nitrogens with zero attached hydrogens (tertiary/aromatic N) is 1. The quantitative estimate of drug-likeness (QED) is 0.282. The van der Waals surface area contributed by atoms with Crippen LogP contribution in [0.25, 0.3) is 0 Å². The average Bonchev–Trinajstić information content (AvgIpc) is 2.83. The molecule has 3 atom stereocenters. The maximum Gasteiger partial charge on any atom is 0.408 e. The predicted octanol–water partition coefficient (Wildman–Crippen LogP) is 5.58. The van der Waals surface area contributed by atoms with Crippen molar-refractivity contribution in [1.82, 2.24) is 15.5 Å². The minimum atomic E-state index is -0.974. The van der Waals surface area contributed by atoms with Crippen LogP contribution >= 0.6 is 0 Å². The van der Waals surface area contributed by atoms with Crippen molar-refractivity contribution < 1.29 is 19.1 Å². The second kappa shape index (κ2) is 14.1. The number of alkyl carbamates (subject to hydrolysis) is 1. The number of carbonyl (C=O) groups excluding carboxylic acids is 3. The summed E-state index contributed by atoms with van der Waals surface area (Å²) in [6.07, 6.45) is 8.11. The molecule has 0 aliphatic heterocycles. The van der Waals surface area contributed by atoms with E-state index in [2.05, 4.69) is 16.6 Å². The summed E-state index contributed by atoms with van der Waals surface area (Å²) in [4.78, 5) is 42.6. The van der Waals surface area contributed by atoms with Crippen molar-refractivity contribution in [3.8, 4) is 12.3 Å². The molecule has 0 heterocycles. The van der Waals surface area contributed by atoms with Gasteiger partial charge in [-0.2, -0.15) is 0 Å². The summed E-state index contributed by atoms with van der Waals surface area (Å²) in [5, 5.41) is 5.81. The van der Waals surface area contributed by atoms with Gasteiger partial charge in [-0.1, -0.05) is 64.7 Å². The summed E-state index contributed by atoms with van der Waals surface area (Å²) >= 11 is 0. The molecular weight excluding hydrogens is 466 g/mol. The molecule has 0 saturated carbocycles. The second-order valence-corrected chi connectivity index (χ2v) is 11.2. The molecule has 2 N–H and O–H groups in total. The number of carbonyl (C=O) groups is 3. The molecule has 0 aliphatic carbocycles. The van der Waals surface area contributed by atoms with Crippen molar-refractivity contribution >= 4 is 17.9 Å². The van der Waals surface area contributed by atoms with Gasteiger partial charge in [0.25, 0.3) is 0 Å². The summed E-state index contributed by atoms with van der Waals surface area (Å²) in [7, 11) is 0. The van der Waals surface area contributed by atoms with Crippen LogP contribution in [0, 0.1) is 18.3 Å². The maximum absolute atomic E-state index is 14.4. The van der Waals surface area contributed by atoms with Crippen LogP contribution in [-0.4, -0.2) is 46.5 Å². The zero-order valence-electron chi connectivity index (χ0n) is 24.2. The molecule has 1 rings (SSSR count). The Morgan fingerprint density at radius 3 is 2.22 bits per heavy atom. The number of rotatable bonds is 12. The monoisotopic (exact) mass is 513 g/mol. The van der Waals surface area contributed by atoms with Crippen molar-refractivity contribution in [1.29, 1.82) is 0 Å². The number of hydrogen-bond acceptors (Lipinski definition) is 4. The van der Waals surface area contributed by atoms with Gasteiger partial charge in [0.05, 0.1) is 0 Å². The highest BCUT2D eigenvalue weighted by atomic mass is 16.6. The van der Waals surface area contributed by atoms with Crippen molar-refractivity contribution in [2.45, 2.75) is 111 Å². The topological polar surface area (TPSA) is 87.7 Å². The van der Waals surface area contributed by atoms with Crippen LogP contribution in [0.3, 0.4) is 0 Å². The Labute approximate surface area is 224 Å². The molecule has 0 spiro atoms. The van der Waals surface area contributed by atoms with Crippen molar-refractivity contribution in [2.24, 2.45) is 5.92 Å². The van der Waals surface area contributed by atoms with E-state index in [4.69, 9.17) is 11.2 Å². The first-order valence-electron chi connectivity index (χ1n) is 13.4. The number of unbranched alkanes of at least 4 members (excludes halogenated alkanes) is 1. The molecule has 0 fully saturated rings. The van der Waals surface area contributed by atoms with E-state index < -0.39 is 29.3 Å². The fourth-order valence-corrected chi connectivity index (χ4v) is 3.96. The lowest BCUT2D eigenvalue weighted by atomic mass is 9.88. The van der Waals surface area contributed by atoms with Crippen LogP contribution in [0.5, 0.6) is 0 Å². The SMILES string of the molecule is C#Cc1ccccc1C(C(=O)NCCCC)N(C(=O)C(NC(=O)OC(C)(C)C)C(C)CC)C(C)(C)CC. The molecule has 0 aliphatic rings. The minimum absolute atomic E-state index is 0.207. The van der Waals surface area contributed by atoms with Gasteiger partial charge in [-0.15, -0.1) is 6.42 Å². The summed E-state index contributed by atoms with van der Waals surface area (Å²) in [5.74, 6) is 1.82. The van der Waals surface area contributed by atoms with Crippen LogP contribution < -0.4 is 10.6 Å². The Balaban J connectivity index is 3.72. The van der Waals surface area contributed by atoms with Gasteiger partial charge in [0.15, 0.2) is 0 Å². The van der Waals surface area contributed by atoms with Gasteiger partial charge < -0.3 is 20.3 Å². The van der Waals surface area contributed by atoms with Crippen LogP contribution in [0.4, 0.5) is 4.79 Å². The van der Waals surface area contributed by atoms with E-state index in [1.54, 1.807) is 37.8 Å². The van der Waals surface area contributed by atoms with Gasteiger partial charge in [-0.3, -0.25) is 9.59 Å². The number of amides is 3. The molecule has 37 heavy (non-hydrogen) atoms. The Hall–Kier alpha value is -3.01. The lowest BCUT2D eigenvalue weighted by Gasteiger charge is -2.45. The Morgan fingerprint density at radius 2 is 1.70 bits per heavy atom. The van der Waals surface area contributed by atoms with Crippen LogP contribution in [0.2, 0.25) is 0 Å². The largest absolute Gasteiger partial charge is 0.444 e. The first-order valence-corrected chi connectivity index (χ1v) is 13.4. The molecule has 7 nitrogen and oxygen atoms in total. The van der Waals surface area contributed by atoms with E-state index in [-0.39, 0.29) is 17.7 Å². The zero-order chi connectivity index (χ0) is 28.4. The third-order valence-electron chi connectivity index (χ3n) is 6.65. The van der Waals surface area contributed by atoms with Crippen LogP contribution in [0.1, 0.15) is 105 Å². The van der Waals surface area contributed by atoms with Crippen molar-refractivity contribution in [2.75, 3.05) is 6.54 Å². The van der Waals surface area contributed by atoms with Crippen LogP contribution in [0.15, 0.2) is 24.3 Å². The highest BCUT2D eigenvalue weighted by molar-refractivity contribution is 5.93. The molecule has 0 bridgehead atoms. The smallest absolute Gasteiger partial charge is 0.408 e. The van der Waals surface area contributed by atoms with Gasteiger partial charge in [-0.05, 0) is 65.0 Å². The molecule has 1 aromatic rings. The molecule has 3 amide bonds. The number of hydrogen-bond donors (Lipinski definition) is 2. The Kier molecular flexibility index (Phi) is 12.2. The van der Waals surface area contributed by atoms with Crippen molar-refractivity contribution in [3.63, 3.8) is 0 Å². The maximum atomic E-state index is 14.4. The molecule has 0 aromatic heterocycles. The first kappa shape index (κ1) is 32.0. The number of terminal acetylenes is 1. The predicted molar refractivity (Wildman–Crippen MR) is 149 cm³/mol. The number of benzene rings is 1. The van der Waals surface area contributed by atoms with Crippen molar-refractivity contribution in [3.05, 3.63) is 35.4 Å². The fraction of sp³-hybridized carbons (Fsp3) is 0.633. The molecule has 206 valence electrons. The van der Waals surface area contributed by atoms with E-state index in [0.717, 1.165) is 12.8 Å². The van der Waals surface area contributed by atoms with E-state index >= 15 is 0 Å². The Bertz CT molecular complexity index is 958. The molecular formula is C30H47N3O4. The van der Waals surface area contributed by atoms with Gasteiger partial charge in [0.1, 0.15) is 17.7 Å². The third kappa shape index (κ3) is 9.10. The van der Waals surface area contributed by atoms with Gasteiger partial charge in [-0.25, -0.2) is 4.79 Å². The normalized spacial score (nSPS) is 14.1. The summed E-state index contributed by atoms with van der Waals surface area (Å²) in [6, 6.07) is 5.33. The minimum Gasteiger partial charge on any atom is -0.444 e. The lowest BCUT2D eigenvalue weighted by Crippen LogP contribution is -2.60. The van der Waals surface area contributed by atoms with Gasteiger partial charge in [0, 0.05) is 17.6 Å². The molecule has 0 saturated heterocycles. The van der Waals surface area contributed by atoms with E-state index in [9.17, 15) is 14.4 Å². The summed E-state index contributed by atoms with van der Waals surface area (Å²) < 4.78 is 5.47. The standard InChI is InChI=1S/C30H47N3O4/c1-11-15-20-31-26(34)25(23-19-17-16-18-22(23)13-3)33(30(9,10)14-4)27(35)24(21(5)12-2)32-28(36)37-29(6,7)8/h3,16-19,21,24-25H,11-12,14-15,20H2,1-2,4-10H3,(H,31,34)(H,32,36). The van der Waals surface area contributed by atoms with E-state index in [1.165, 1.54) is 0 Å². The zero-order valence-corrected chi connectivity index (χ0v) is 24.2. The summed E-state index contributed by atoms with van der Waals surface area (Å²) in [5.41, 5.74) is -0.326. The van der Waals surface area contributed by atoms with E-state index in [1.807, 2.05) is 53.7 Å². The molecule has 1 aromatic carbocycles. The lowest BCUT2D eigenvalue weighted by molar-refractivity contribution is -0.150. The molecule has 0 radical (unpaired) electrons. The highest BCUT2D eigenvalue weighted by Gasteiger charge is 2.44.